The zero-order valence-electron chi connectivity index (χ0n) is 10.00. The van der Waals surface area contributed by atoms with Crippen LogP contribution >= 0.6 is 11.6 Å². The molecule has 0 amide bonds. The zero-order chi connectivity index (χ0) is 15.3. The standard InChI is InChI=1S/C12H9ClN2O4S/c1-2-3-10(12(16)17)15-20(18,19)11-5-4-8(7-14)6-9(11)13/h1,4-6,10,15H,3H2,(H,16,17). The fourth-order valence-electron chi connectivity index (χ4n) is 1.34. The van der Waals surface area contributed by atoms with Gasteiger partial charge in [0.15, 0.2) is 0 Å². The van der Waals surface area contributed by atoms with Crippen LogP contribution in [0, 0.1) is 23.7 Å². The summed E-state index contributed by atoms with van der Waals surface area (Å²) in [5, 5.41) is 17.4. The third kappa shape index (κ3) is 3.72. The Morgan fingerprint density at radius 2 is 2.20 bits per heavy atom. The van der Waals surface area contributed by atoms with Crippen molar-refractivity contribution in [3.63, 3.8) is 0 Å². The fraction of sp³-hybridized carbons (Fsp3) is 0.167. The zero-order valence-corrected chi connectivity index (χ0v) is 11.6. The van der Waals surface area contributed by atoms with Crippen molar-refractivity contribution < 1.29 is 18.3 Å². The normalized spacial score (nSPS) is 12.2. The molecule has 20 heavy (non-hydrogen) atoms. The first-order valence-electron chi connectivity index (χ1n) is 5.20. The molecule has 0 aliphatic carbocycles. The van der Waals surface area contributed by atoms with Gasteiger partial charge in [-0.2, -0.15) is 9.98 Å². The Morgan fingerprint density at radius 3 is 2.65 bits per heavy atom. The van der Waals surface area contributed by atoms with Crippen molar-refractivity contribution in [3.05, 3.63) is 28.8 Å². The second-order valence-electron chi connectivity index (χ2n) is 3.68. The molecule has 1 aromatic carbocycles. The summed E-state index contributed by atoms with van der Waals surface area (Å²) < 4.78 is 26.0. The first-order chi connectivity index (χ1) is 9.31. The van der Waals surface area contributed by atoms with E-state index in [0.717, 1.165) is 6.07 Å². The first kappa shape index (κ1) is 16.0. The molecule has 0 saturated carbocycles. The summed E-state index contributed by atoms with van der Waals surface area (Å²) in [4.78, 5) is 10.6. The Bertz CT molecular complexity index is 716. The molecule has 0 aliphatic heterocycles. The minimum atomic E-state index is -4.15. The number of terminal acetylenes is 1. The minimum absolute atomic E-state index is 0.179. The molecular weight excluding hydrogens is 304 g/mol. The number of benzene rings is 1. The number of carbonyl (C=O) groups is 1. The molecule has 0 fully saturated rings. The molecule has 104 valence electrons. The first-order valence-corrected chi connectivity index (χ1v) is 7.06. The topological polar surface area (TPSA) is 107 Å². The summed E-state index contributed by atoms with van der Waals surface area (Å²) in [5.41, 5.74) is 0.187. The Hall–Kier alpha value is -2.06. The summed E-state index contributed by atoms with van der Waals surface area (Å²) in [6, 6.07) is 3.92. The number of nitrogens with one attached hydrogen (secondary N) is 1. The van der Waals surface area contributed by atoms with Gasteiger partial charge in [-0.25, -0.2) is 8.42 Å². The van der Waals surface area contributed by atoms with Gasteiger partial charge in [0, 0.05) is 6.42 Å². The quantitative estimate of drug-likeness (QED) is 0.788. The van der Waals surface area contributed by atoms with E-state index < -0.39 is 22.0 Å². The molecule has 1 rings (SSSR count). The van der Waals surface area contributed by atoms with Gasteiger partial charge in [-0.05, 0) is 18.2 Å². The number of carboxylic acids is 1. The second-order valence-corrected chi connectivity index (χ2v) is 5.77. The Morgan fingerprint density at radius 1 is 1.55 bits per heavy atom. The number of hydrogen-bond donors (Lipinski definition) is 2. The summed E-state index contributed by atoms with van der Waals surface area (Å²) >= 11 is 5.77. The van der Waals surface area contributed by atoms with Crippen LogP contribution in [0.5, 0.6) is 0 Å². The van der Waals surface area contributed by atoms with Crippen molar-refractivity contribution >= 4 is 27.6 Å². The molecule has 0 bridgehead atoms. The van der Waals surface area contributed by atoms with Crippen LogP contribution in [0.1, 0.15) is 12.0 Å². The van der Waals surface area contributed by atoms with Gasteiger partial charge in [-0.1, -0.05) is 11.6 Å². The number of sulfonamides is 1. The van der Waals surface area contributed by atoms with Gasteiger partial charge in [0.05, 0.1) is 16.7 Å². The van der Waals surface area contributed by atoms with E-state index in [1.165, 1.54) is 12.1 Å². The van der Waals surface area contributed by atoms with Crippen LogP contribution in [0.3, 0.4) is 0 Å². The van der Waals surface area contributed by atoms with Crippen molar-refractivity contribution in [1.82, 2.24) is 4.72 Å². The molecule has 6 nitrogen and oxygen atoms in total. The molecule has 1 unspecified atom stereocenters. The Labute approximate surface area is 121 Å². The minimum Gasteiger partial charge on any atom is -0.480 e. The van der Waals surface area contributed by atoms with Crippen molar-refractivity contribution in [2.75, 3.05) is 0 Å². The van der Waals surface area contributed by atoms with E-state index in [-0.39, 0.29) is 21.9 Å². The lowest BCUT2D eigenvalue weighted by molar-refractivity contribution is -0.138. The fourth-order valence-corrected chi connectivity index (χ4v) is 3.07. The average Bonchev–Trinajstić information content (AvgIpc) is 2.37. The average molecular weight is 313 g/mol. The number of nitriles is 1. The highest BCUT2D eigenvalue weighted by atomic mass is 35.5. The van der Waals surface area contributed by atoms with Crippen molar-refractivity contribution in [2.24, 2.45) is 0 Å². The van der Waals surface area contributed by atoms with Gasteiger partial charge in [-0.15, -0.1) is 12.3 Å². The molecule has 2 N–H and O–H groups in total. The van der Waals surface area contributed by atoms with Crippen LogP contribution < -0.4 is 4.72 Å². The van der Waals surface area contributed by atoms with Gasteiger partial charge in [0.2, 0.25) is 10.0 Å². The number of rotatable bonds is 5. The maximum atomic E-state index is 12.0. The predicted molar refractivity (Wildman–Crippen MR) is 71.4 cm³/mol. The van der Waals surface area contributed by atoms with E-state index in [2.05, 4.69) is 5.92 Å². The van der Waals surface area contributed by atoms with E-state index in [1.807, 2.05) is 4.72 Å². The van der Waals surface area contributed by atoms with E-state index in [0.29, 0.717) is 0 Å². The Kier molecular flexibility index (Phi) is 5.12. The van der Waals surface area contributed by atoms with E-state index in [9.17, 15) is 13.2 Å². The van der Waals surface area contributed by atoms with Crippen molar-refractivity contribution in [3.8, 4) is 18.4 Å². The predicted octanol–water partition coefficient (Wildman–Crippen LogP) is 0.966. The highest BCUT2D eigenvalue weighted by molar-refractivity contribution is 7.89. The molecule has 0 saturated heterocycles. The van der Waals surface area contributed by atoms with E-state index >= 15 is 0 Å². The number of nitrogens with zero attached hydrogens (tertiary/aromatic N) is 1. The van der Waals surface area contributed by atoms with Crippen molar-refractivity contribution in [2.45, 2.75) is 17.4 Å². The maximum Gasteiger partial charge on any atom is 0.322 e. The van der Waals surface area contributed by atoms with E-state index in [1.54, 1.807) is 6.07 Å². The number of carboxylic acid groups (broad SMARTS) is 1. The van der Waals surface area contributed by atoms with Crippen LogP contribution in [0.15, 0.2) is 23.1 Å². The lowest BCUT2D eigenvalue weighted by atomic mass is 10.2. The second kappa shape index (κ2) is 6.40. The smallest absolute Gasteiger partial charge is 0.322 e. The molecular formula is C12H9ClN2O4S. The molecule has 0 aromatic heterocycles. The number of aliphatic carboxylic acids is 1. The van der Waals surface area contributed by atoms with Crippen LogP contribution in [0.25, 0.3) is 0 Å². The largest absolute Gasteiger partial charge is 0.480 e. The monoisotopic (exact) mass is 312 g/mol. The van der Waals surface area contributed by atoms with Gasteiger partial charge in [-0.3, -0.25) is 4.79 Å². The lowest BCUT2D eigenvalue weighted by Crippen LogP contribution is -2.40. The lowest BCUT2D eigenvalue weighted by Gasteiger charge is -2.13. The van der Waals surface area contributed by atoms with E-state index in [4.69, 9.17) is 28.4 Å². The third-order valence-corrected chi connectivity index (χ3v) is 4.22. The maximum absolute atomic E-state index is 12.0. The highest BCUT2D eigenvalue weighted by Gasteiger charge is 2.26. The summed E-state index contributed by atoms with van der Waals surface area (Å²) in [5.74, 6) is 0.680. The van der Waals surface area contributed by atoms with Crippen molar-refractivity contribution in [1.29, 1.82) is 5.26 Å². The molecule has 1 atom stereocenters. The molecule has 0 spiro atoms. The molecule has 0 aliphatic rings. The molecule has 0 heterocycles. The highest BCUT2D eigenvalue weighted by Crippen LogP contribution is 2.22. The van der Waals surface area contributed by atoms with Crippen LogP contribution in [-0.2, 0) is 14.8 Å². The van der Waals surface area contributed by atoms with Gasteiger partial charge >= 0.3 is 5.97 Å². The molecule has 1 aromatic rings. The van der Waals surface area contributed by atoms with Crippen LogP contribution in [0.2, 0.25) is 5.02 Å². The summed E-state index contributed by atoms with van der Waals surface area (Å²) in [6.45, 7) is 0. The van der Waals surface area contributed by atoms with Gasteiger partial charge in [0.25, 0.3) is 0 Å². The summed E-state index contributed by atoms with van der Waals surface area (Å²) in [7, 11) is -4.15. The van der Waals surface area contributed by atoms with Crippen LogP contribution in [0.4, 0.5) is 0 Å². The number of halogens is 1. The molecule has 8 heteroatoms. The van der Waals surface area contributed by atoms with Gasteiger partial charge in [0.1, 0.15) is 10.9 Å². The Balaban J connectivity index is 3.15. The summed E-state index contributed by atoms with van der Waals surface area (Å²) in [6.07, 6.45) is 4.68. The number of hydrogen-bond acceptors (Lipinski definition) is 4. The SMILES string of the molecule is C#CCC(NS(=O)(=O)c1ccc(C#N)cc1Cl)C(=O)O. The molecule has 0 radical (unpaired) electrons. The third-order valence-electron chi connectivity index (χ3n) is 2.27. The van der Waals surface area contributed by atoms with Gasteiger partial charge < -0.3 is 5.11 Å². The van der Waals surface area contributed by atoms with Crippen LogP contribution in [-0.4, -0.2) is 25.5 Å².